The molecule has 39 heavy (non-hydrogen) atoms. The third kappa shape index (κ3) is 4.93. The second-order valence-electron chi connectivity index (χ2n) is 9.84. The number of methoxy groups -OCH3 is 1. The Kier molecular flexibility index (Phi) is 7.49. The number of aliphatic hydroxyl groups is 1. The first-order valence-electron chi connectivity index (χ1n) is 13.0. The molecule has 2 aliphatic heterocycles. The zero-order valence-corrected chi connectivity index (χ0v) is 22.3. The number of esters is 1. The average molecular weight is 533 g/mol. The molecule has 10 heteroatoms. The molecule has 2 aliphatic rings. The summed E-state index contributed by atoms with van der Waals surface area (Å²) in [6.07, 6.45) is 2.49. The van der Waals surface area contributed by atoms with Crippen molar-refractivity contribution < 1.29 is 29.0 Å². The number of likely N-dealkylation sites (tertiary alicyclic amines) is 1. The fourth-order valence-electron chi connectivity index (χ4n) is 5.34. The molecule has 1 unspecified atom stereocenters. The van der Waals surface area contributed by atoms with Crippen molar-refractivity contribution in [1.29, 1.82) is 0 Å². The highest BCUT2D eigenvalue weighted by Crippen LogP contribution is 2.40. The Morgan fingerprint density at radius 2 is 1.82 bits per heavy atom. The Labute approximate surface area is 226 Å². The van der Waals surface area contributed by atoms with Gasteiger partial charge in [-0.3, -0.25) is 14.5 Å². The molecular formula is C29H32N4O6. The van der Waals surface area contributed by atoms with E-state index in [1.807, 2.05) is 36.6 Å². The van der Waals surface area contributed by atoms with E-state index in [-0.39, 0.29) is 17.0 Å². The molecule has 0 radical (unpaired) electrons. The number of ether oxygens (including phenoxy) is 2. The quantitative estimate of drug-likeness (QED) is 0.214. The highest BCUT2D eigenvalue weighted by molar-refractivity contribution is 6.46. The molecule has 0 saturated carbocycles. The van der Waals surface area contributed by atoms with Crippen LogP contribution in [0.3, 0.4) is 0 Å². The van der Waals surface area contributed by atoms with Gasteiger partial charge in [-0.05, 0) is 49.6 Å². The number of carbonyl (C=O) groups is 3. The predicted octanol–water partition coefficient (Wildman–Crippen LogP) is 2.88. The average Bonchev–Trinajstić information content (AvgIpc) is 3.43. The van der Waals surface area contributed by atoms with Gasteiger partial charge < -0.3 is 23.9 Å². The number of fused-ring (bicyclic) bond motifs is 1. The molecule has 2 aromatic heterocycles. The number of aryl methyl sites for hydroxylation is 2. The van der Waals surface area contributed by atoms with Crippen LogP contribution in [0.25, 0.3) is 11.4 Å². The summed E-state index contributed by atoms with van der Waals surface area (Å²) in [6.45, 7) is 7.81. The first-order valence-corrected chi connectivity index (χ1v) is 13.0. The van der Waals surface area contributed by atoms with Crippen molar-refractivity contribution in [1.82, 2.24) is 19.2 Å². The van der Waals surface area contributed by atoms with E-state index in [1.54, 1.807) is 24.3 Å². The van der Waals surface area contributed by atoms with E-state index < -0.39 is 23.7 Å². The highest BCUT2D eigenvalue weighted by atomic mass is 16.5. The maximum atomic E-state index is 13.4. The van der Waals surface area contributed by atoms with E-state index in [0.717, 1.165) is 25.2 Å². The lowest BCUT2D eigenvalue weighted by Gasteiger charge is -2.29. The zero-order valence-electron chi connectivity index (χ0n) is 22.3. The third-order valence-electron chi connectivity index (χ3n) is 7.47. The van der Waals surface area contributed by atoms with Crippen LogP contribution in [-0.4, -0.2) is 88.5 Å². The van der Waals surface area contributed by atoms with E-state index in [9.17, 15) is 19.5 Å². The van der Waals surface area contributed by atoms with Gasteiger partial charge in [-0.15, -0.1) is 0 Å². The summed E-state index contributed by atoms with van der Waals surface area (Å²) < 4.78 is 12.1. The van der Waals surface area contributed by atoms with Gasteiger partial charge in [0.1, 0.15) is 11.3 Å². The number of Topliss-reactive ketones (excluding diaryl/α,β-unsaturated/α-hetero) is 1. The molecule has 204 valence electrons. The van der Waals surface area contributed by atoms with Crippen LogP contribution in [0.5, 0.6) is 0 Å². The second-order valence-corrected chi connectivity index (χ2v) is 9.84. The van der Waals surface area contributed by atoms with Crippen LogP contribution in [0.1, 0.15) is 45.3 Å². The van der Waals surface area contributed by atoms with Crippen LogP contribution in [-0.2, 0) is 19.1 Å². The maximum absolute atomic E-state index is 13.4. The minimum Gasteiger partial charge on any atom is -0.505 e. The van der Waals surface area contributed by atoms with Crippen molar-refractivity contribution in [3.8, 4) is 0 Å². The zero-order chi connectivity index (χ0) is 27.7. The van der Waals surface area contributed by atoms with Crippen LogP contribution < -0.4 is 0 Å². The minimum absolute atomic E-state index is 0.0126. The predicted molar refractivity (Wildman–Crippen MR) is 143 cm³/mol. The number of ketones is 1. The molecule has 1 N–H and O–H groups in total. The molecule has 1 amide bonds. The molecular weight excluding hydrogens is 500 g/mol. The Morgan fingerprint density at radius 3 is 2.49 bits per heavy atom. The number of carbonyl (C=O) groups excluding carboxylic acids is 3. The number of morpholine rings is 1. The lowest BCUT2D eigenvalue weighted by molar-refractivity contribution is -0.140. The van der Waals surface area contributed by atoms with Crippen LogP contribution in [0.2, 0.25) is 0 Å². The van der Waals surface area contributed by atoms with Crippen LogP contribution in [0.4, 0.5) is 0 Å². The Morgan fingerprint density at radius 1 is 1.10 bits per heavy atom. The smallest absolute Gasteiger partial charge is 0.337 e. The summed E-state index contributed by atoms with van der Waals surface area (Å²) in [7, 11) is 1.30. The summed E-state index contributed by atoms with van der Waals surface area (Å²) in [5.41, 5.74) is 3.43. The molecule has 1 atom stereocenters. The van der Waals surface area contributed by atoms with Crippen molar-refractivity contribution in [2.24, 2.45) is 0 Å². The maximum Gasteiger partial charge on any atom is 0.337 e. The monoisotopic (exact) mass is 532 g/mol. The minimum atomic E-state index is -0.827. The number of pyridine rings is 1. The fraction of sp³-hybridized carbons (Fsp3) is 0.379. The van der Waals surface area contributed by atoms with Crippen LogP contribution in [0.15, 0.2) is 48.2 Å². The first-order chi connectivity index (χ1) is 18.8. The number of hydrogen-bond acceptors (Lipinski definition) is 8. The number of nitrogens with zero attached hydrogens (tertiary/aromatic N) is 4. The summed E-state index contributed by atoms with van der Waals surface area (Å²) in [4.78, 5) is 47.2. The van der Waals surface area contributed by atoms with Crippen molar-refractivity contribution in [3.63, 3.8) is 0 Å². The lowest BCUT2D eigenvalue weighted by atomic mass is 9.95. The number of aromatic nitrogens is 2. The summed E-state index contributed by atoms with van der Waals surface area (Å²) in [5, 5.41) is 11.5. The van der Waals surface area contributed by atoms with Crippen molar-refractivity contribution in [3.05, 3.63) is 76.2 Å². The van der Waals surface area contributed by atoms with Gasteiger partial charge >= 0.3 is 5.97 Å². The van der Waals surface area contributed by atoms with E-state index in [2.05, 4.69) is 9.88 Å². The van der Waals surface area contributed by atoms with Gasteiger partial charge in [0.05, 0.1) is 43.2 Å². The topological polar surface area (TPSA) is 114 Å². The van der Waals surface area contributed by atoms with Crippen molar-refractivity contribution >= 4 is 29.1 Å². The third-order valence-corrected chi connectivity index (χ3v) is 7.47. The Hall–Kier alpha value is -4.02. The number of rotatable bonds is 7. The van der Waals surface area contributed by atoms with E-state index >= 15 is 0 Å². The molecule has 0 aliphatic carbocycles. The molecule has 0 bridgehead atoms. The SMILES string of the molecule is COC(=O)c1ccc(C2C(=C(O)c3nc4c(C)cccn4c3C)C(=O)C(=O)N2CCCN2CCOCC2)cc1. The summed E-state index contributed by atoms with van der Waals surface area (Å²) in [5.74, 6) is -2.23. The van der Waals surface area contributed by atoms with E-state index in [0.29, 0.717) is 48.6 Å². The molecule has 0 spiro atoms. The Balaban J connectivity index is 1.55. The molecule has 2 saturated heterocycles. The molecule has 5 rings (SSSR count). The number of amides is 1. The molecule has 2 fully saturated rings. The number of benzene rings is 1. The lowest BCUT2D eigenvalue weighted by Crippen LogP contribution is -2.39. The van der Waals surface area contributed by atoms with Gasteiger partial charge in [-0.1, -0.05) is 18.2 Å². The van der Waals surface area contributed by atoms with E-state index in [1.165, 1.54) is 12.0 Å². The van der Waals surface area contributed by atoms with Gasteiger partial charge in [-0.2, -0.15) is 0 Å². The molecule has 1 aromatic carbocycles. The van der Waals surface area contributed by atoms with Gasteiger partial charge in [0.2, 0.25) is 0 Å². The molecule has 4 heterocycles. The van der Waals surface area contributed by atoms with Crippen LogP contribution in [0, 0.1) is 13.8 Å². The van der Waals surface area contributed by atoms with Crippen LogP contribution >= 0.6 is 0 Å². The standard InChI is InChI=1S/C29H32N4O6/c1-18-6-4-12-32-19(2)23(30-27(18)32)25(34)22-24(20-7-9-21(10-8-20)29(37)38-3)33(28(36)26(22)35)13-5-11-31-14-16-39-17-15-31/h4,6-10,12,24,34H,5,11,13-17H2,1-3H3. The highest BCUT2D eigenvalue weighted by Gasteiger charge is 2.46. The molecule has 3 aromatic rings. The summed E-state index contributed by atoms with van der Waals surface area (Å²) in [6, 6.07) is 9.53. The normalized spacial score (nSPS) is 19.7. The number of aliphatic hydroxyl groups excluding tert-OH is 1. The summed E-state index contributed by atoms with van der Waals surface area (Å²) >= 11 is 0. The second kappa shape index (κ2) is 11.0. The van der Waals surface area contributed by atoms with Crippen molar-refractivity contribution in [2.75, 3.05) is 46.5 Å². The number of imidazole rings is 1. The van der Waals surface area contributed by atoms with Gasteiger partial charge in [0, 0.05) is 32.4 Å². The van der Waals surface area contributed by atoms with Gasteiger partial charge in [-0.25, -0.2) is 9.78 Å². The van der Waals surface area contributed by atoms with Gasteiger partial charge in [0.25, 0.3) is 11.7 Å². The first kappa shape index (κ1) is 26.6. The van der Waals surface area contributed by atoms with E-state index in [4.69, 9.17) is 9.47 Å². The van der Waals surface area contributed by atoms with Crippen molar-refractivity contribution in [2.45, 2.75) is 26.3 Å². The fourth-order valence-corrected chi connectivity index (χ4v) is 5.34. The number of hydrogen-bond donors (Lipinski definition) is 1. The molecule has 10 nitrogen and oxygen atoms in total. The Bertz CT molecular complexity index is 1450. The van der Waals surface area contributed by atoms with Gasteiger partial charge in [0.15, 0.2) is 5.76 Å². The largest absolute Gasteiger partial charge is 0.505 e.